The standard InChI is InChI=1S/C71H89BN2OSi/c1-20-22-30-67(7,8)51-41-58(49(36-45(51)21-2)46-26-24-23-25-27-46)73-59-42-54-53(69(11,12)32-33-70(54,13)14)40-56(59)72-63-60(73)37-48(76(17,18)19)38-61(63)74(57-29-28-47(35-44(57)3)66(4,5)6)64-50-39-52-55(43-62(50)75-65(64)72)71(15,16)34-31-68(52,9)10/h23-29,35-43H,20-22,30-34H2,1-19H3. The van der Waals surface area contributed by atoms with Gasteiger partial charge in [0, 0.05) is 33.7 Å². The van der Waals surface area contributed by atoms with E-state index in [0.717, 1.165) is 49.8 Å². The van der Waals surface area contributed by atoms with Gasteiger partial charge in [-0.15, -0.1) is 0 Å². The molecule has 0 bridgehead atoms. The first kappa shape index (κ1) is 52.8. The van der Waals surface area contributed by atoms with Gasteiger partial charge in [-0.1, -0.05) is 190 Å². The van der Waals surface area contributed by atoms with Crippen molar-refractivity contribution in [2.45, 2.75) is 214 Å². The third-order valence-electron chi connectivity index (χ3n) is 19.6. The molecule has 0 fully saturated rings. The summed E-state index contributed by atoms with van der Waals surface area (Å²) in [6.45, 7) is 46.5. The Balaban J connectivity index is 1.34. The molecule has 0 radical (unpaired) electrons. The molecule has 0 unspecified atom stereocenters. The van der Waals surface area contributed by atoms with Gasteiger partial charge in [0.15, 0.2) is 0 Å². The molecule has 0 saturated heterocycles. The molecule has 1 aromatic heterocycles. The second kappa shape index (κ2) is 17.6. The minimum Gasteiger partial charge on any atom is -0.468 e. The number of aryl methyl sites for hydroxylation is 2. The minimum atomic E-state index is -2.01. The predicted molar refractivity (Wildman–Crippen MR) is 335 cm³/mol. The lowest BCUT2D eigenvalue weighted by Gasteiger charge is -2.47. The molecule has 0 N–H and O–H groups in total. The fourth-order valence-electron chi connectivity index (χ4n) is 14.3. The zero-order chi connectivity index (χ0) is 54.6. The highest BCUT2D eigenvalue weighted by Gasteiger charge is 2.51. The Labute approximate surface area is 460 Å². The van der Waals surface area contributed by atoms with Crippen molar-refractivity contribution in [3.05, 3.63) is 142 Å². The van der Waals surface area contributed by atoms with Gasteiger partial charge < -0.3 is 14.2 Å². The van der Waals surface area contributed by atoms with Crippen molar-refractivity contribution in [3.8, 4) is 11.1 Å². The molecule has 7 aromatic rings. The van der Waals surface area contributed by atoms with E-state index in [1.165, 1.54) is 124 Å². The number of hydrogen-bond donors (Lipinski definition) is 0. The van der Waals surface area contributed by atoms with Crippen LogP contribution in [0.5, 0.6) is 0 Å². The van der Waals surface area contributed by atoms with E-state index in [0.29, 0.717) is 0 Å². The summed E-state index contributed by atoms with van der Waals surface area (Å²) in [5.74, 6) is 0. The smallest absolute Gasteiger partial charge is 0.297 e. The summed E-state index contributed by atoms with van der Waals surface area (Å²) < 4.78 is 7.84. The maximum Gasteiger partial charge on any atom is 0.297 e. The van der Waals surface area contributed by atoms with Gasteiger partial charge in [0.05, 0.1) is 25.1 Å². The van der Waals surface area contributed by atoms with Crippen LogP contribution in [0.1, 0.15) is 193 Å². The summed E-state index contributed by atoms with van der Waals surface area (Å²) in [5, 5.41) is 2.70. The highest BCUT2D eigenvalue weighted by atomic mass is 28.3. The van der Waals surface area contributed by atoms with E-state index >= 15 is 0 Å². The van der Waals surface area contributed by atoms with E-state index in [2.05, 4.69) is 237 Å². The Hall–Kier alpha value is -5.26. The zero-order valence-electron chi connectivity index (χ0n) is 50.3. The van der Waals surface area contributed by atoms with Crippen LogP contribution in [0.25, 0.3) is 22.1 Å². The quantitative estimate of drug-likeness (QED) is 0.134. The lowest BCUT2D eigenvalue weighted by Crippen LogP contribution is -2.62. The first-order valence-electron chi connectivity index (χ1n) is 29.4. The first-order chi connectivity index (χ1) is 35.5. The molecule has 3 nitrogen and oxygen atoms in total. The number of benzene rings is 6. The van der Waals surface area contributed by atoms with Gasteiger partial charge in [0.1, 0.15) is 5.58 Å². The van der Waals surface area contributed by atoms with Gasteiger partial charge in [0.25, 0.3) is 6.71 Å². The molecule has 6 aromatic carbocycles. The van der Waals surface area contributed by atoms with E-state index in [1.54, 1.807) is 0 Å². The van der Waals surface area contributed by atoms with Crippen LogP contribution in [0.2, 0.25) is 19.6 Å². The fraction of sp³-hybridized carbons (Fsp3) is 0.465. The van der Waals surface area contributed by atoms with Crippen molar-refractivity contribution in [2.24, 2.45) is 0 Å². The Bertz CT molecular complexity index is 3480. The molecule has 0 amide bonds. The number of rotatable bonds is 9. The Morgan fingerprint density at radius 2 is 1.18 bits per heavy atom. The van der Waals surface area contributed by atoms with Crippen molar-refractivity contribution in [1.29, 1.82) is 0 Å². The third kappa shape index (κ3) is 8.32. The maximum absolute atomic E-state index is 7.84. The Morgan fingerprint density at radius 1 is 0.605 bits per heavy atom. The Kier molecular flexibility index (Phi) is 12.2. The molecule has 4 aliphatic rings. The Morgan fingerprint density at radius 3 is 1.75 bits per heavy atom. The zero-order valence-corrected chi connectivity index (χ0v) is 51.3. The van der Waals surface area contributed by atoms with Crippen LogP contribution in [-0.4, -0.2) is 14.8 Å². The summed E-state index contributed by atoms with van der Waals surface area (Å²) in [7, 11) is -2.01. The average molecular weight is 1030 g/mol. The van der Waals surface area contributed by atoms with E-state index in [4.69, 9.17) is 4.42 Å². The van der Waals surface area contributed by atoms with Crippen LogP contribution in [0.15, 0.2) is 101 Å². The molecule has 2 aliphatic carbocycles. The lowest BCUT2D eigenvalue weighted by atomic mass is 9.35. The molecule has 0 atom stereocenters. The van der Waals surface area contributed by atoms with Gasteiger partial charge >= 0.3 is 0 Å². The average Bonchev–Trinajstić information content (AvgIpc) is 3.74. The number of hydrogen-bond acceptors (Lipinski definition) is 3. The van der Waals surface area contributed by atoms with Crippen molar-refractivity contribution < 1.29 is 4.42 Å². The van der Waals surface area contributed by atoms with Crippen LogP contribution >= 0.6 is 0 Å². The van der Waals surface area contributed by atoms with Crippen molar-refractivity contribution >= 4 is 81.7 Å². The molecule has 76 heavy (non-hydrogen) atoms. The monoisotopic (exact) mass is 1020 g/mol. The summed E-state index contributed by atoms with van der Waals surface area (Å²) in [6.07, 6.45) is 9.13. The van der Waals surface area contributed by atoms with Crippen LogP contribution in [-0.2, 0) is 38.9 Å². The highest BCUT2D eigenvalue weighted by molar-refractivity contribution is 7.00. The largest absolute Gasteiger partial charge is 0.468 e. The number of anilines is 6. The van der Waals surface area contributed by atoms with Gasteiger partial charge in [0.2, 0.25) is 0 Å². The summed E-state index contributed by atoms with van der Waals surface area (Å²) >= 11 is 0. The van der Waals surface area contributed by atoms with Crippen LogP contribution in [0.4, 0.5) is 34.1 Å². The highest BCUT2D eigenvalue weighted by Crippen LogP contribution is 2.55. The van der Waals surface area contributed by atoms with Gasteiger partial charge in [-0.05, 0) is 187 Å². The molecular formula is C71H89BN2OSi. The lowest BCUT2D eigenvalue weighted by molar-refractivity contribution is 0.332. The van der Waals surface area contributed by atoms with Gasteiger partial charge in [-0.3, -0.25) is 0 Å². The third-order valence-corrected chi connectivity index (χ3v) is 21.6. The molecule has 3 heterocycles. The van der Waals surface area contributed by atoms with E-state index in [-0.39, 0.29) is 39.2 Å². The van der Waals surface area contributed by atoms with Crippen LogP contribution in [0.3, 0.4) is 0 Å². The molecule has 5 heteroatoms. The summed E-state index contributed by atoms with van der Waals surface area (Å²) in [5.41, 5.74) is 26.5. The second-order valence-electron chi connectivity index (χ2n) is 29.5. The molecule has 0 saturated carbocycles. The molecule has 11 rings (SSSR count). The van der Waals surface area contributed by atoms with Gasteiger partial charge in [-0.25, -0.2) is 0 Å². The summed E-state index contributed by atoms with van der Waals surface area (Å²) in [4.78, 5) is 5.49. The summed E-state index contributed by atoms with van der Waals surface area (Å²) in [6, 6.07) is 39.6. The topological polar surface area (TPSA) is 19.6 Å². The number of nitrogens with zero attached hydrogens (tertiary/aromatic N) is 2. The molecule has 0 spiro atoms. The van der Waals surface area contributed by atoms with Crippen molar-refractivity contribution in [3.63, 3.8) is 0 Å². The van der Waals surface area contributed by atoms with E-state index < -0.39 is 8.07 Å². The normalized spacial score (nSPS) is 18.0. The van der Waals surface area contributed by atoms with Crippen molar-refractivity contribution in [1.82, 2.24) is 0 Å². The molecule has 2 aliphatic heterocycles. The fourth-order valence-corrected chi connectivity index (χ4v) is 15.4. The van der Waals surface area contributed by atoms with E-state index in [1.807, 2.05) is 0 Å². The predicted octanol–water partition coefficient (Wildman–Crippen LogP) is 18.1. The SMILES string of the molecule is CCCCC(C)(C)c1cc(N2c3cc4c(cc3B3c5oc6cc7c(cc6c5N(c5ccc(C(C)(C)C)cc5C)c5cc([Si](C)(C)C)cc2c53)C(C)(C)CCC7(C)C)C(C)(C)CCC4(C)C)c(-c2ccccc2)cc1CC. The van der Waals surface area contributed by atoms with Crippen molar-refractivity contribution in [2.75, 3.05) is 9.80 Å². The molecular weight excluding hydrogens is 936 g/mol. The minimum absolute atomic E-state index is 0.00209. The van der Waals surface area contributed by atoms with E-state index in [9.17, 15) is 0 Å². The number of unbranched alkanes of at least 4 members (excludes halogenated alkanes) is 1. The maximum atomic E-state index is 7.84. The first-order valence-corrected chi connectivity index (χ1v) is 32.9. The number of furan rings is 1. The molecule has 396 valence electrons. The second-order valence-corrected chi connectivity index (χ2v) is 34.5. The van der Waals surface area contributed by atoms with Gasteiger partial charge in [-0.2, -0.15) is 0 Å². The number of fused-ring (bicyclic) bond motifs is 8. The van der Waals surface area contributed by atoms with Crippen LogP contribution in [0, 0.1) is 6.92 Å². The van der Waals surface area contributed by atoms with Crippen LogP contribution < -0.4 is 31.6 Å².